The van der Waals surface area contributed by atoms with Gasteiger partial charge in [0.1, 0.15) is 12.1 Å². The fourth-order valence-electron chi connectivity index (χ4n) is 6.05. The number of hydrogen-bond acceptors (Lipinski definition) is 9. The van der Waals surface area contributed by atoms with Crippen LogP contribution in [0.3, 0.4) is 0 Å². The number of pyridine rings is 1. The Morgan fingerprint density at radius 2 is 1.74 bits per heavy atom. The molecule has 3 aromatic rings. The van der Waals surface area contributed by atoms with Crippen LogP contribution < -0.4 is 27.0 Å². The van der Waals surface area contributed by atoms with Crippen LogP contribution in [0, 0.1) is 11.3 Å². The number of anilines is 1. The quantitative estimate of drug-likeness (QED) is 0.0758. The summed E-state index contributed by atoms with van der Waals surface area (Å²) in [7, 11) is 3.47. The number of fused-ring (bicyclic) bond motifs is 1. The summed E-state index contributed by atoms with van der Waals surface area (Å²) in [6, 6.07) is 13.7. The third kappa shape index (κ3) is 12.5. The monoisotopic (exact) mass is 788 g/mol. The Morgan fingerprint density at radius 3 is 2.42 bits per heavy atom. The van der Waals surface area contributed by atoms with Gasteiger partial charge in [-0.15, -0.1) is 0 Å². The number of alkyl halides is 2. The van der Waals surface area contributed by atoms with Crippen LogP contribution in [0.4, 0.5) is 14.5 Å². The Kier molecular flexibility index (Phi) is 15.1. The van der Waals surface area contributed by atoms with E-state index in [1.807, 2.05) is 30.3 Å². The molecule has 0 saturated carbocycles. The van der Waals surface area contributed by atoms with Crippen molar-refractivity contribution in [1.29, 1.82) is 5.26 Å². The lowest BCUT2D eigenvalue weighted by Gasteiger charge is -2.22. The molecule has 1 aromatic heterocycles. The van der Waals surface area contributed by atoms with Gasteiger partial charge in [0.15, 0.2) is 11.7 Å². The van der Waals surface area contributed by atoms with Crippen LogP contribution in [0.25, 0.3) is 10.9 Å². The van der Waals surface area contributed by atoms with Crippen molar-refractivity contribution in [2.75, 3.05) is 39.0 Å². The number of halogens is 2. The maximum absolute atomic E-state index is 13.8. The molecule has 1 fully saturated rings. The second kappa shape index (κ2) is 19.9. The van der Waals surface area contributed by atoms with Gasteiger partial charge in [-0.2, -0.15) is 5.26 Å². The SMILES string of the molecule is CC(=O)[C@H](Cc1ccccc1)NC(=O)[C@H](CCCN=C(N)N(C)C)NC(=O)CCC(=O)Nc1cccc2c(C(=O)NCC(=O)N3CC(F)(F)C[C@H]3C#N)ccnc12. The summed E-state index contributed by atoms with van der Waals surface area (Å²) in [5.41, 5.74) is 7.25. The highest BCUT2D eigenvalue weighted by Crippen LogP contribution is 2.31. The number of amides is 5. The number of ketones is 1. The van der Waals surface area contributed by atoms with Gasteiger partial charge < -0.3 is 36.8 Å². The van der Waals surface area contributed by atoms with Crippen LogP contribution in [-0.4, -0.2) is 114 Å². The van der Waals surface area contributed by atoms with Crippen LogP contribution in [0.5, 0.6) is 0 Å². The zero-order valence-corrected chi connectivity index (χ0v) is 31.9. The highest BCUT2D eigenvalue weighted by molar-refractivity contribution is 6.11. The first-order chi connectivity index (χ1) is 27.1. The Morgan fingerprint density at radius 1 is 1.02 bits per heavy atom. The van der Waals surface area contributed by atoms with E-state index in [0.29, 0.717) is 17.8 Å². The molecule has 16 nitrogen and oxygen atoms in total. The van der Waals surface area contributed by atoms with Crippen molar-refractivity contribution >= 4 is 57.9 Å². The van der Waals surface area contributed by atoms with Crippen molar-refractivity contribution in [1.82, 2.24) is 30.7 Å². The van der Waals surface area contributed by atoms with E-state index in [1.165, 1.54) is 19.2 Å². The number of nitrogens with one attached hydrogen (secondary N) is 4. The van der Waals surface area contributed by atoms with Crippen molar-refractivity contribution in [3.63, 3.8) is 0 Å². The first-order valence-corrected chi connectivity index (χ1v) is 18.2. The first kappa shape index (κ1) is 43.2. The van der Waals surface area contributed by atoms with Crippen LogP contribution >= 0.6 is 0 Å². The Bertz CT molecular complexity index is 2040. The minimum absolute atomic E-state index is 0.0852. The number of aliphatic imine (C=N–C) groups is 1. The maximum Gasteiger partial charge on any atom is 0.268 e. The zero-order valence-electron chi connectivity index (χ0n) is 31.9. The Labute approximate surface area is 328 Å². The molecule has 1 aliphatic heterocycles. The third-order valence-corrected chi connectivity index (χ3v) is 9.13. The lowest BCUT2D eigenvalue weighted by Crippen LogP contribution is -2.52. The molecule has 302 valence electrons. The molecule has 0 radical (unpaired) electrons. The fraction of sp³-hybridized carbons (Fsp3) is 0.410. The highest BCUT2D eigenvalue weighted by atomic mass is 19.3. The van der Waals surface area contributed by atoms with Crippen molar-refractivity contribution in [3.8, 4) is 6.07 Å². The zero-order chi connectivity index (χ0) is 41.7. The lowest BCUT2D eigenvalue weighted by atomic mass is 10.0. The smallest absolute Gasteiger partial charge is 0.268 e. The van der Waals surface area contributed by atoms with Crippen molar-refractivity contribution in [2.24, 2.45) is 10.7 Å². The van der Waals surface area contributed by atoms with Crippen molar-refractivity contribution < 1.29 is 37.5 Å². The molecular weight excluding hydrogens is 742 g/mol. The number of nitrogens with two attached hydrogens (primary N) is 1. The van der Waals surface area contributed by atoms with Gasteiger partial charge >= 0.3 is 0 Å². The maximum atomic E-state index is 13.8. The molecule has 6 N–H and O–H groups in total. The van der Waals surface area contributed by atoms with Crippen molar-refractivity contribution in [2.45, 2.75) is 69.5 Å². The largest absolute Gasteiger partial charge is 0.370 e. The summed E-state index contributed by atoms with van der Waals surface area (Å²) in [5.74, 6) is -6.44. The van der Waals surface area contributed by atoms with Gasteiger partial charge in [-0.25, -0.2) is 8.78 Å². The normalized spacial score (nSPS) is 15.8. The second-order valence-electron chi connectivity index (χ2n) is 13.8. The van der Waals surface area contributed by atoms with Crippen LogP contribution in [0.1, 0.15) is 54.9 Å². The molecule has 0 aliphatic carbocycles. The van der Waals surface area contributed by atoms with Crippen LogP contribution in [-0.2, 0) is 30.4 Å². The summed E-state index contributed by atoms with van der Waals surface area (Å²) in [6.45, 7) is 0.105. The van der Waals surface area contributed by atoms with E-state index in [4.69, 9.17) is 5.73 Å². The van der Waals surface area contributed by atoms with Gasteiger partial charge in [0.2, 0.25) is 23.6 Å². The minimum Gasteiger partial charge on any atom is -0.370 e. The number of benzene rings is 2. The standard InChI is InChI=1S/C39H46F2N10O6/c1-24(52)31(19-25-9-5-4-6-10-25)49-37(57)30(13-8-17-45-38(43)50(2)3)48-33(54)15-14-32(53)47-29-12-7-11-27-28(16-18-44-35(27)29)36(56)46-22-34(55)51-23-39(40,41)20-26(51)21-42/h4-7,9-12,16,18,26,30-31H,8,13-15,17,19-20,22-23H2,1-3H3,(H2,43,45)(H,46,56)(H,47,53)(H,48,54)(H,49,57)/t26-,30-,31-/m0/s1. The number of hydrogen-bond donors (Lipinski definition) is 5. The number of guanidine groups is 1. The molecule has 0 spiro atoms. The van der Waals surface area contributed by atoms with E-state index in [2.05, 4.69) is 31.2 Å². The summed E-state index contributed by atoms with van der Waals surface area (Å²) in [5, 5.41) is 20.0. The predicted octanol–water partition coefficient (Wildman–Crippen LogP) is 1.90. The topological polar surface area (TPSA) is 232 Å². The van der Waals surface area contributed by atoms with E-state index in [0.717, 1.165) is 10.5 Å². The Balaban J connectivity index is 1.37. The third-order valence-electron chi connectivity index (χ3n) is 9.13. The number of para-hydroxylation sites is 1. The lowest BCUT2D eigenvalue weighted by molar-refractivity contribution is -0.131. The molecule has 57 heavy (non-hydrogen) atoms. The van der Waals surface area contributed by atoms with E-state index in [1.54, 1.807) is 43.3 Å². The van der Waals surface area contributed by atoms with E-state index >= 15 is 0 Å². The molecule has 2 aromatic carbocycles. The molecule has 0 bridgehead atoms. The fourth-order valence-corrected chi connectivity index (χ4v) is 6.05. The number of nitrogens with zero attached hydrogens (tertiary/aromatic N) is 5. The average Bonchev–Trinajstić information content (AvgIpc) is 3.51. The molecule has 1 saturated heterocycles. The van der Waals surface area contributed by atoms with E-state index in [9.17, 15) is 42.8 Å². The number of nitriles is 1. The number of rotatable bonds is 17. The van der Waals surface area contributed by atoms with Crippen LogP contribution in [0.2, 0.25) is 0 Å². The van der Waals surface area contributed by atoms with Crippen molar-refractivity contribution in [3.05, 3.63) is 71.9 Å². The Hall–Kier alpha value is -6.51. The average molecular weight is 789 g/mol. The van der Waals surface area contributed by atoms with Gasteiger partial charge in [-0.3, -0.25) is 38.7 Å². The number of carbonyl (C=O) groups is 6. The molecule has 18 heteroatoms. The second-order valence-corrected chi connectivity index (χ2v) is 13.8. The number of likely N-dealkylation sites (tertiary alicyclic amines) is 1. The highest BCUT2D eigenvalue weighted by Gasteiger charge is 2.47. The van der Waals surface area contributed by atoms with E-state index in [-0.39, 0.29) is 54.8 Å². The van der Waals surface area contributed by atoms with E-state index < -0.39 is 73.1 Å². The van der Waals surface area contributed by atoms with Gasteiger partial charge in [0, 0.05) is 51.5 Å². The molecule has 4 rings (SSSR count). The molecule has 0 unspecified atom stereocenters. The number of Topliss-reactive ketones (excluding diaryl/α,β-unsaturated/α-hetero) is 1. The predicted molar refractivity (Wildman–Crippen MR) is 207 cm³/mol. The summed E-state index contributed by atoms with van der Waals surface area (Å²) >= 11 is 0. The minimum atomic E-state index is -3.20. The summed E-state index contributed by atoms with van der Waals surface area (Å²) in [4.78, 5) is 88.7. The first-order valence-electron chi connectivity index (χ1n) is 18.2. The molecule has 2 heterocycles. The van der Waals surface area contributed by atoms with Gasteiger partial charge in [-0.05, 0) is 43.9 Å². The number of aromatic nitrogens is 1. The molecule has 3 atom stereocenters. The summed E-state index contributed by atoms with van der Waals surface area (Å²) in [6.07, 6.45) is 0.758. The van der Waals surface area contributed by atoms with Gasteiger partial charge in [0.05, 0.1) is 42.0 Å². The molecular formula is C39H46F2N10O6. The molecule has 1 aliphatic rings. The molecule has 5 amide bonds. The summed E-state index contributed by atoms with van der Waals surface area (Å²) < 4.78 is 27.6. The van der Waals surface area contributed by atoms with Gasteiger partial charge in [-0.1, -0.05) is 42.5 Å². The van der Waals surface area contributed by atoms with Gasteiger partial charge in [0.25, 0.3) is 11.8 Å². The van der Waals surface area contributed by atoms with Crippen LogP contribution in [0.15, 0.2) is 65.8 Å². The number of carbonyl (C=O) groups excluding carboxylic acids is 6.